The number of nitrogens with one attached hydrogen (secondary N) is 1. The smallest absolute Gasteiger partial charge is 0.268 e. The van der Waals surface area contributed by atoms with Gasteiger partial charge in [0.15, 0.2) is 0 Å². The number of aromatic nitrogens is 1. The summed E-state index contributed by atoms with van der Waals surface area (Å²) in [5.74, 6) is 0.839. The van der Waals surface area contributed by atoms with Crippen molar-refractivity contribution in [2.45, 2.75) is 45.6 Å². The molecule has 0 spiro atoms. The molecule has 4 rings (SSSR count). The van der Waals surface area contributed by atoms with Crippen molar-refractivity contribution >= 4 is 27.5 Å². The molecule has 4 nitrogen and oxygen atoms in total. The Kier molecular flexibility index (Phi) is 4.63. The van der Waals surface area contributed by atoms with Crippen molar-refractivity contribution in [2.75, 3.05) is 26.2 Å². The molecule has 1 saturated heterocycles. The summed E-state index contributed by atoms with van der Waals surface area (Å²) in [6.07, 6.45) is 6.55. The minimum atomic E-state index is 0.0922. The maximum atomic E-state index is 12.7. The summed E-state index contributed by atoms with van der Waals surface area (Å²) < 4.78 is 3.52. The molecule has 0 radical (unpaired) electrons. The van der Waals surface area contributed by atoms with Gasteiger partial charge in [-0.3, -0.25) is 4.79 Å². The van der Waals surface area contributed by atoms with Crippen LogP contribution < -0.4 is 5.32 Å². The molecular formula is C19H27N3OS. The molecular weight excluding hydrogens is 318 g/mol. The third-order valence-corrected chi connectivity index (χ3v) is 6.51. The monoisotopic (exact) mass is 345 g/mol. The van der Waals surface area contributed by atoms with Gasteiger partial charge >= 0.3 is 0 Å². The summed E-state index contributed by atoms with van der Waals surface area (Å²) in [5.41, 5.74) is 2.10. The van der Waals surface area contributed by atoms with E-state index in [1.165, 1.54) is 60.3 Å². The number of rotatable bonds is 6. The van der Waals surface area contributed by atoms with E-state index >= 15 is 0 Å². The van der Waals surface area contributed by atoms with Crippen LogP contribution in [0.1, 0.15) is 47.5 Å². The van der Waals surface area contributed by atoms with Crippen LogP contribution >= 0.6 is 11.3 Å². The van der Waals surface area contributed by atoms with Gasteiger partial charge in [0, 0.05) is 24.5 Å². The van der Waals surface area contributed by atoms with Crippen LogP contribution in [0.15, 0.2) is 12.1 Å². The van der Waals surface area contributed by atoms with Crippen LogP contribution in [-0.4, -0.2) is 41.6 Å². The highest BCUT2D eigenvalue weighted by Gasteiger charge is 2.23. The first-order valence-corrected chi connectivity index (χ1v) is 10.1. The van der Waals surface area contributed by atoms with E-state index in [0.29, 0.717) is 0 Å². The zero-order valence-electron chi connectivity index (χ0n) is 14.5. The van der Waals surface area contributed by atoms with Crippen LogP contribution in [0, 0.1) is 12.8 Å². The Balaban J connectivity index is 1.47. The van der Waals surface area contributed by atoms with Gasteiger partial charge in [0.2, 0.25) is 0 Å². The van der Waals surface area contributed by atoms with Crippen molar-refractivity contribution in [1.29, 1.82) is 0 Å². The third kappa shape index (κ3) is 3.24. The summed E-state index contributed by atoms with van der Waals surface area (Å²) in [4.78, 5) is 16.5. The zero-order chi connectivity index (χ0) is 16.5. The Morgan fingerprint density at radius 2 is 2.04 bits per heavy atom. The van der Waals surface area contributed by atoms with Gasteiger partial charge in [0.25, 0.3) is 5.91 Å². The summed E-state index contributed by atoms with van der Waals surface area (Å²) in [7, 11) is 0. The summed E-state index contributed by atoms with van der Waals surface area (Å²) in [6.45, 7) is 7.23. The van der Waals surface area contributed by atoms with Gasteiger partial charge in [-0.1, -0.05) is 6.42 Å². The lowest BCUT2D eigenvalue weighted by molar-refractivity contribution is 0.0938. The molecule has 1 aliphatic heterocycles. The van der Waals surface area contributed by atoms with Crippen molar-refractivity contribution in [2.24, 2.45) is 5.92 Å². The first-order chi connectivity index (χ1) is 11.7. The Morgan fingerprint density at radius 3 is 2.75 bits per heavy atom. The van der Waals surface area contributed by atoms with E-state index in [0.717, 1.165) is 31.2 Å². The maximum absolute atomic E-state index is 12.7. The van der Waals surface area contributed by atoms with Crippen LogP contribution in [0.3, 0.4) is 0 Å². The zero-order valence-corrected chi connectivity index (χ0v) is 15.3. The molecule has 0 atom stereocenters. The minimum absolute atomic E-state index is 0.0922. The quantitative estimate of drug-likeness (QED) is 0.868. The van der Waals surface area contributed by atoms with Crippen molar-refractivity contribution in [3.63, 3.8) is 0 Å². The largest absolute Gasteiger partial charge is 0.349 e. The summed E-state index contributed by atoms with van der Waals surface area (Å²) in [6, 6.07) is 4.33. The lowest BCUT2D eigenvalue weighted by Gasteiger charge is -2.27. The second-order valence-electron chi connectivity index (χ2n) is 7.35. The van der Waals surface area contributed by atoms with Gasteiger partial charge in [0.05, 0.1) is 10.2 Å². The highest BCUT2D eigenvalue weighted by molar-refractivity contribution is 7.19. The molecule has 0 aromatic carbocycles. The SMILES string of the molecule is Cc1cc2c(cc(C(=O)NCCN3CCCC3)n2CC2CCC2)s1. The van der Waals surface area contributed by atoms with Crippen LogP contribution in [0.4, 0.5) is 0 Å². The average molecular weight is 346 g/mol. The highest BCUT2D eigenvalue weighted by Crippen LogP contribution is 2.33. The number of carbonyl (C=O) groups is 1. The topological polar surface area (TPSA) is 37.3 Å². The number of amides is 1. The van der Waals surface area contributed by atoms with Crippen LogP contribution in [-0.2, 0) is 6.54 Å². The van der Waals surface area contributed by atoms with E-state index in [4.69, 9.17) is 0 Å². The molecule has 3 heterocycles. The number of aryl methyl sites for hydroxylation is 1. The molecule has 0 bridgehead atoms. The molecule has 2 aliphatic rings. The standard InChI is InChI=1S/C19H27N3OS/c1-14-11-16-18(24-14)12-17(22(16)13-15-5-4-6-15)19(23)20-7-10-21-8-2-3-9-21/h11-12,15H,2-10,13H2,1H3,(H,20,23). The normalized spacial score (nSPS) is 19.0. The minimum Gasteiger partial charge on any atom is -0.349 e. The maximum Gasteiger partial charge on any atom is 0.268 e. The number of carbonyl (C=O) groups excluding carboxylic acids is 1. The number of hydrogen-bond acceptors (Lipinski definition) is 3. The van der Waals surface area contributed by atoms with E-state index in [2.05, 4.69) is 33.8 Å². The second kappa shape index (κ2) is 6.89. The Bertz CT molecular complexity index is 722. The van der Waals surface area contributed by atoms with Crippen molar-refractivity contribution in [3.05, 3.63) is 22.7 Å². The Labute approximate surface area is 147 Å². The summed E-state index contributed by atoms with van der Waals surface area (Å²) in [5, 5.41) is 3.14. The van der Waals surface area contributed by atoms with Gasteiger partial charge < -0.3 is 14.8 Å². The molecule has 2 aromatic heterocycles. The molecule has 1 aliphatic carbocycles. The summed E-state index contributed by atoms with van der Waals surface area (Å²) >= 11 is 1.79. The molecule has 0 unspecified atom stereocenters. The molecule has 5 heteroatoms. The number of thiophene rings is 1. The molecule has 24 heavy (non-hydrogen) atoms. The molecule has 130 valence electrons. The number of hydrogen-bond donors (Lipinski definition) is 1. The van der Waals surface area contributed by atoms with E-state index in [1.807, 2.05) is 0 Å². The van der Waals surface area contributed by atoms with Crippen LogP contribution in [0.5, 0.6) is 0 Å². The van der Waals surface area contributed by atoms with Crippen molar-refractivity contribution < 1.29 is 4.79 Å². The van der Waals surface area contributed by atoms with E-state index in [-0.39, 0.29) is 5.91 Å². The molecule has 1 N–H and O–H groups in total. The van der Waals surface area contributed by atoms with Crippen molar-refractivity contribution in [3.8, 4) is 0 Å². The van der Waals surface area contributed by atoms with E-state index in [9.17, 15) is 4.79 Å². The molecule has 2 fully saturated rings. The van der Waals surface area contributed by atoms with E-state index in [1.54, 1.807) is 11.3 Å². The lowest BCUT2D eigenvalue weighted by Crippen LogP contribution is -2.34. The van der Waals surface area contributed by atoms with Gasteiger partial charge in [-0.15, -0.1) is 11.3 Å². The van der Waals surface area contributed by atoms with Gasteiger partial charge in [0.1, 0.15) is 5.69 Å². The third-order valence-electron chi connectivity index (χ3n) is 5.52. The molecule has 2 aromatic rings. The van der Waals surface area contributed by atoms with Gasteiger partial charge in [-0.05, 0) is 63.7 Å². The van der Waals surface area contributed by atoms with Gasteiger partial charge in [-0.25, -0.2) is 0 Å². The first kappa shape index (κ1) is 16.2. The fraction of sp³-hybridized carbons (Fsp3) is 0.632. The second-order valence-corrected chi connectivity index (χ2v) is 8.64. The van der Waals surface area contributed by atoms with E-state index < -0.39 is 0 Å². The number of likely N-dealkylation sites (tertiary alicyclic amines) is 1. The number of nitrogens with zero attached hydrogens (tertiary/aromatic N) is 2. The Hall–Kier alpha value is -1.33. The number of fused-ring (bicyclic) bond motifs is 1. The molecule has 1 amide bonds. The first-order valence-electron chi connectivity index (χ1n) is 9.31. The molecule has 1 saturated carbocycles. The van der Waals surface area contributed by atoms with Gasteiger partial charge in [-0.2, -0.15) is 0 Å². The van der Waals surface area contributed by atoms with Crippen LogP contribution in [0.25, 0.3) is 10.2 Å². The highest BCUT2D eigenvalue weighted by atomic mass is 32.1. The predicted octanol–water partition coefficient (Wildman–Crippen LogP) is 3.64. The fourth-order valence-electron chi connectivity index (χ4n) is 3.91. The van der Waals surface area contributed by atoms with Crippen molar-refractivity contribution in [1.82, 2.24) is 14.8 Å². The average Bonchev–Trinajstić information content (AvgIpc) is 3.19. The lowest BCUT2D eigenvalue weighted by atomic mass is 9.85. The van der Waals surface area contributed by atoms with Crippen LogP contribution in [0.2, 0.25) is 0 Å². The Morgan fingerprint density at radius 1 is 1.25 bits per heavy atom. The fourth-order valence-corrected chi connectivity index (χ4v) is 4.87. The predicted molar refractivity (Wildman–Crippen MR) is 99.9 cm³/mol.